The number of aliphatic hydroxyl groups is 1. The van der Waals surface area contributed by atoms with Gasteiger partial charge in [-0.3, -0.25) is 14.2 Å². The Balaban J connectivity index is 1.44. The Morgan fingerprint density at radius 2 is 1.87 bits per heavy atom. The molecule has 198 valence electrons. The molecule has 0 unspecified atom stereocenters. The maximum Gasteiger partial charge on any atom is 0.251 e. The van der Waals surface area contributed by atoms with E-state index in [1.165, 1.54) is 28.8 Å². The van der Waals surface area contributed by atoms with Crippen molar-refractivity contribution in [2.24, 2.45) is 0 Å². The second kappa shape index (κ2) is 13.2. The number of anilines is 1. The normalized spacial score (nSPS) is 11.1. The van der Waals surface area contributed by atoms with Crippen LogP contribution in [0.15, 0.2) is 64.5 Å². The lowest BCUT2D eigenvalue weighted by Gasteiger charge is -2.13. The molecule has 3 N–H and O–H groups in total. The molecule has 0 aliphatic rings. The number of halogens is 2. The zero-order chi connectivity index (χ0) is 27.1. The molecule has 8 nitrogen and oxygen atoms in total. The number of fused-ring (bicyclic) bond motifs is 1. The highest BCUT2D eigenvalue weighted by Gasteiger charge is 2.18. The Hall–Kier alpha value is -2.92. The van der Waals surface area contributed by atoms with Gasteiger partial charge in [-0.05, 0) is 70.4 Å². The number of nitrogens with one attached hydrogen (secondary N) is 2. The van der Waals surface area contributed by atoms with Crippen molar-refractivity contribution in [1.29, 1.82) is 0 Å². The Bertz CT molecular complexity index is 1460. The molecule has 38 heavy (non-hydrogen) atoms. The van der Waals surface area contributed by atoms with Gasteiger partial charge >= 0.3 is 0 Å². The van der Waals surface area contributed by atoms with Gasteiger partial charge in [-0.25, -0.2) is 0 Å². The van der Waals surface area contributed by atoms with E-state index in [0.717, 1.165) is 17.5 Å². The summed E-state index contributed by atoms with van der Waals surface area (Å²) in [4.78, 5) is 25.0. The molecule has 4 aromatic rings. The highest BCUT2D eigenvalue weighted by Crippen LogP contribution is 2.32. The van der Waals surface area contributed by atoms with Crippen molar-refractivity contribution in [3.8, 4) is 5.69 Å². The summed E-state index contributed by atoms with van der Waals surface area (Å²) >= 11 is 11.1. The maximum absolute atomic E-state index is 12.8. The lowest BCUT2D eigenvalue weighted by molar-refractivity contribution is -0.113. The average Bonchev–Trinajstić information content (AvgIpc) is 3.30. The van der Waals surface area contributed by atoms with E-state index in [1.807, 2.05) is 22.8 Å². The molecule has 0 aliphatic heterocycles. The van der Waals surface area contributed by atoms with E-state index in [-0.39, 0.29) is 29.2 Å². The number of rotatable bonds is 11. The first kappa shape index (κ1) is 28.1. The van der Waals surface area contributed by atoms with E-state index in [0.29, 0.717) is 40.5 Å². The number of hydrogen-bond acceptors (Lipinski definition) is 6. The summed E-state index contributed by atoms with van der Waals surface area (Å²) in [6.45, 7) is 2.69. The summed E-state index contributed by atoms with van der Waals surface area (Å²) in [6, 6.07) is 17.1. The summed E-state index contributed by atoms with van der Waals surface area (Å²) in [5.74, 6) is -0.447. The van der Waals surface area contributed by atoms with E-state index < -0.39 is 0 Å². The van der Waals surface area contributed by atoms with Gasteiger partial charge in [0, 0.05) is 24.1 Å². The van der Waals surface area contributed by atoms with Gasteiger partial charge in [0.05, 0.1) is 22.2 Å². The van der Waals surface area contributed by atoms with E-state index >= 15 is 0 Å². The van der Waals surface area contributed by atoms with Crippen LogP contribution in [-0.2, 0) is 11.2 Å². The number of aryl methyl sites for hydroxylation is 1. The molecule has 0 bridgehead atoms. The maximum atomic E-state index is 12.8. The van der Waals surface area contributed by atoms with Crippen LogP contribution in [0.1, 0.15) is 35.7 Å². The molecule has 0 fully saturated rings. The molecule has 0 saturated heterocycles. The van der Waals surface area contributed by atoms with Gasteiger partial charge in [-0.15, -0.1) is 10.2 Å². The SMILES string of the molecule is CCc1ccc(-n2c(Br)nnc2SCC(=O)Nc2ccc(C(=O)NCCCCO)cc2Cl)c2ccccc12. The van der Waals surface area contributed by atoms with Gasteiger partial charge in [-0.2, -0.15) is 0 Å². The van der Waals surface area contributed by atoms with Crippen molar-refractivity contribution in [1.82, 2.24) is 20.1 Å². The number of unbranched alkanes of at least 4 members (excludes halogenated alkanes) is 1. The van der Waals surface area contributed by atoms with E-state index in [2.05, 4.69) is 61.9 Å². The van der Waals surface area contributed by atoms with E-state index in [4.69, 9.17) is 16.7 Å². The third-order valence-corrected chi connectivity index (χ3v) is 7.67. The Morgan fingerprint density at radius 3 is 2.61 bits per heavy atom. The lowest BCUT2D eigenvalue weighted by atomic mass is 10.0. The summed E-state index contributed by atoms with van der Waals surface area (Å²) in [7, 11) is 0. The van der Waals surface area contributed by atoms with Crippen LogP contribution in [0.3, 0.4) is 0 Å². The molecule has 4 rings (SSSR count). The molecule has 11 heteroatoms. The monoisotopic (exact) mass is 615 g/mol. The smallest absolute Gasteiger partial charge is 0.251 e. The number of nitrogens with zero attached hydrogens (tertiary/aromatic N) is 3. The second-order valence-corrected chi connectivity index (χ2v) is 10.5. The van der Waals surface area contributed by atoms with E-state index in [1.54, 1.807) is 12.1 Å². The Kier molecular flexibility index (Phi) is 9.79. The van der Waals surface area contributed by atoms with Gasteiger partial charge < -0.3 is 15.7 Å². The first-order chi connectivity index (χ1) is 18.4. The quantitative estimate of drug-likeness (QED) is 0.149. The molecule has 0 atom stereocenters. The van der Waals surface area contributed by atoms with E-state index in [9.17, 15) is 9.59 Å². The van der Waals surface area contributed by atoms with Gasteiger partial charge in [-0.1, -0.05) is 60.6 Å². The van der Waals surface area contributed by atoms with Crippen molar-refractivity contribution in [3.63, 3.8) is 0 Å². The zero-order valence-corrected chi connectivity index (χ0v) is 23.9. The summed E-state index contributed by atoms with van der Waals surface area (Å²) in [6.07, 6.45) is 2.23. The summed E-state index contributed by atoms with van der Waals surface area (Å²) < 4.78 is 2.43. The fraction of sp³-hybridized carbons (Fsp3) is 0.259. The average molecular weight is 617 g/mol. The number of benzene rings is 3. The lowest BCUT2D eigenvalue weighted by Crippen LogP contribution is -2.24. The largest absolute Gasteiger partial charge is 0.396 e. The van der Waals surface area contributed by atoms with Crippen LogP contribution in [0.2, 0.25) is 5.02 Å². The zero-order valence-electron chi connectivity index (χ0n) is 20.7. The third kappa shape index (κ3) is 6.55. The molecule has 1 heterocycles. The molecular formula is C27H27BrClN5O3S. The Morgan fingerprint density at radius 1 is 1.08 bits per heavy atom. The van der Waals surface area contributed by atoms with Crippen molar-refractivity contribution in [2.45, 2.75) is 31.3 Å². The van der Waals surface area contributed by atoms with Crippen molar-refractivity contribution < 1.29 is 14.7 Å². The predicted octanol–water partition coefficient (Wildman–Crippen LogP) is 5.63. The van der Waals surface area contributed by atoms with Crippen LogP contribution in [0.25, 0.3) is 16.5 Å². The molecule has 3 aromatic carbocycles. The standard InChI is InChI=1S/C27H27BrClN5O3S/c1-2-17-10-12-23(20-8-4-3-7-19(17)20)34-26(28)32-33-27(34)38-16-24(36)31-22-11-9-18(15-21(22)29)25(37)30-13-5-6-14-35/h3-4,7-12,15,35H,2,5-6,13-14,16H2,1H3,(H,30,37)(H,31,36). The molecule has 1 aromatic heterocycles. The van der Waals surface area contributed by atoms with Gasteiger partial charge in [0.25, 0.3) is 5.91 Å². The fourth-order valence-corrected chi connectivity index (χ4v) is 5.54. The minimum Gasteiger partial charge on any atom is -0.396 e. The number of amides is 2. The number of aliphatic hydroxyl groups excluding tert-OH is 1. The molecule has 0 radical (unpaired) electrons. The van der Waals surface area contributed by atoms with Crippen LogP contribution >= 0.6 is 39.3 Å². The molecule has 0 aliphatic carbocycles. The minimum absolute atomic E-state index is 0.0829. The van der Waals surface area contributed by atoms with Crippen molar-refractivity contribution in [2.75, 3.05) is 24.2 Å². The first-order valence-corrected chi connectivity index (χ1v) is 14.3. The predicted molar refractivity (Wildman–Crippen MR) is 155 cm³/mol. The van der Waals surface area contributed by atoms with Gasteiger partial charge in [0.2, 0.25) is 10.6 Å². The van der Waals surface area contributed by atoms with Gasteiger partial charge in [0.15, 0.2) is 5.16 Å². The van der Waals surface area contributed by atoms with Crippen LogP contribution in [0, 0.1) is 0 Å². The van der Waals surface area contributed by atoms with Crippen molar-refractivity contribution >= 4 is 67.6 Å². The van der Waals surface area contributed by atoms with Crippen LogP contribution < -0.4 is 10.6 Å². The number of aromatic nitrogens is 3. The molecule has 0 saturated carbocycles. The van der Waals surface area contributed by atoms with Gasteiger partial charge in [0.1, 0.15) is 0 Å². The third-order valence-electron chi connectivity index (χ3n) is 5.92. The highest BCUT2D eigenvalue weighted by molar-refractivity contribution is 9.10. The molecular weight excluding hydrogens is 590 g/mol. The molecule has 0 spiro atoms. The highest BCUT2D eigenvalue weighted by atomic mass is 79.9. The van der Waals surface area contributed by atoms with Crippen LogP contribution in [0.4, 0.5) is 5.69 Å². The second-order valence-electron chi connectivity index (χ2n) is 8.45. The van der Waals surface area contributed by atoms with Crippen LogP contribution in [0.5, 0.6) is 0 Å². The topological polar surface area (TPSA) is 109 Å². The summed E-state index contributed by atoms with van der Waals surface area (Å²) in [5.41, 5.74) is 2.98. The molecule has 2 amide bonds. The fourth-order valence-electron chi connectivity index (χ4n) is 4.01. The number of hydrogen-bond donors (Lipinski definition) is 3. The summed E-state index contributed by atoms with van der Waals surface area (Å²) in [5, 5.41) is 25.9. The number of carbonyl (C=O) groups is 2. The first-order valence-electron chi connectivity index (χ1n) is 12.2. The Labute approximate surface area is 238 Å². The number of carbonyl (C=O) groups excluding carboxylic acids is 2. The van der Waals surface area contributed by atoms with Crippen molar-refractivity contribution in [3.05, 3.63) is 75.5 Å². The number of thioether (sulfide) groups is 1. The minimum atomic E-state index is -0.269. The van der Waals surface area contributed by atoms with Crippen LogP contribution in [-0.4, -0.2) is 50.6 Å².